The average Bonchev–Trinajstić information content (AvgIpc) is 2.58. The summed E-state index contributed by atoms with van der Waals surface area (Å²) in [5.41, 5.74) is 6.79. The van der Waals surface area contributed by atoms with Gasteiger partial charge < -0.3 is 10.2 Å². The van der Waals surface area contributed by atoms with Gasteiger partial charge in [0.2, 0.25) is 0 Å². The molecule has 1 heterocycles. The third-order valence-corrected chi connectivity index (χ3v) is 3.04. The highest BCUT2D eigenvalue weighted by molar-refractivity contribution is 5.20. The van der Waals surface area contributed by atoms with Crippen LogP contribution >= 0.6 is 0 Å². The zero-order valence-electron chi connectivity index (χ0n) is 10.2. The SMILES string of the molecule is CCC(C)N(C)Cc1cc(CN)oc1C. The summed E-state index contributed by atoms with van der Waals surface area (Å²) in [4.78, 5) is 2.33. The molecule has 3 heteroatoms. The van der Waals surface area contributed by atoms with E-state index in [4.69, 9.17) is 10.2 Å². The van der Waals surface area contributed by atoms with Crippen LogP contribution in [-0.4, -0.2) is 18.0 Å². The van der Waals surface area contributed by atoms with Gasteiger partial charge in [-0.1, -0.05) is 6.92 Å². The van der Waals surface area contributed by atoms with Gasteiger partial charge >= 0.3 is 0 Å². The van der Waals surface area contributed by atoms with Crippen molar-refractivity contribution in [1.29, 1.82) is 0 Å². The Bertz CT molecular complexity index is 307. The van der Waals surface area contributed by atoms with Crippen molar-refractivity contribution < 1.29 is 4.42 Å². The maximum Gasteiger partial charge on any atom is 0.118 e. The molecule has 1 atom stereocenters. The molecule has 0 aliphatic rings. The predicted molar refractivity (Wildman–Crippen MR) is 62.6 cm³/mol. The second kappa shape index (κ2) is 5.33. The minimum absolute atomic E-state index is 0.480. The number of nitrogens with zero attached hydrogens (tertiary/aromatic N) is 1. The van der Waals surface area contributed by atoms with Crippen molar-refractivity contribution in [3.05, 3.63) is 23.2 Å². The van der Waals surface area contributed by atoms with E-state index in [1.165, 1.54) is 5.56 Å². The molecular formula is C12H22N2O. The Morgan fingerprint density at radius 2 is 2.20 bits per heavy atom. The first-order valence-corrected chi connectivity index (χ1v) is 5.57. The Morgan fingerprint density at radius 1 is 1.53 bits per heavy atom. The minimum atomic E-state index is 0.480. The quantitative estimate of drug-likeness (QED) is 0.810. The topological polar surface area (TPSA) is 42.4 Å². The summed E-state index contributed by atoms with van der Waals surface area (Å²) in [6.45, 7) is 7.85. The van der Waals surface area contributed by atoms with Gasteiger partial charge in [-0.15, -0.1) is 0 Å². The summed E-state index contributed by atoms with van der Waals surface area (Å²) in [6.07, 6.45) is 1.16. The van der Waals surface area contributed by atoms with Gasteiger partial charge in [0, 0.05) is 18.2 Å². The number of hydrogen-bond donors (Lipinski definition) is 1. The molecule has 0 radical (unpaired) electrons. The van der Waals surface area contributed by atoms with E-state index in [-0.39, 0.29) is 0 Å². The van der Waals surface area contributed by atoms with Gasteiger partial charge in [-0.25, -0.2) is 0 Å². The maximum atomic E-state index is 5.54. The van der Waals surface area contributed by atoms with E-state index in [2.05, 4.69) is 31.9 Å². The molecule has 0 saturated heterocycles. The molecule has 0 aliphatic carbocycles. The molecule has 1 aromatic rings. The second-order valence-corrected chi connectivity index (χ2v) is 4.17. The van der Waals surface area contributed by atoms with Crippen molar-refractivity contribution in [2.24, 2.45) is 5.73 Å². The molecule has 1 aromatic heterocycles. The monoisotopic (exact) mass is 210 g/mol. The molecule has 0 fully saturated rings. The highest BCUT2D eigenvalue weighted by Gasteiger charge is 2.12. The third kappa shape index (κ3) is 3.08. The lowest BCUT2D eigenvalue weighted by atomic mass is 10.2. The van der Waals surface area contributed by atoms with Crippen molar-refractivity contribution in [2.45, 2.75) is 46.3 Å². The van der Waals surface area contributed by atoms with Gasteiger partial charge in [-0.2, -0.15) is 0 Å². The van der Waals surface area contributed by atoms with Crippen LogP contribution in [0.15, 0.2) is 10.5 Å². The van der Waals surface area contributed by atoms with Gasteiger partial charge in [-0.05, 0) is 33.4 Å². The average molecular weight is 210 g/mol. The molecule has 0 spiro atoms. The molecule has 0 saturated carbocycles. The molecule has 0 bridgehead atoms. The zero-order chi connectivity index (χ0) is 11.4. The Kier molecular flexibility index (Phi) is 4.36. The van der Waals surface area contributed by atoms with Crippen LogP contribution in [0.1, 0.15) is 37.4 Å². The molecule has 1 unspecified atom stereocenters. The molecule has 15 heavy (non-hydrogen) atoms. The van der Waals surface area contributed by atoms with E-state index in [1.54, 1.807) is 0 Å². The number of aryl methyl sites for hydroxylation is 1. The van der Waals surface area contributed by atoms with Crippen LogP contribution in [0.4, 0.5) is 0 Å². The number of furan rings is 1. The first-order valence-electron chi connectivity index (χ1n) is 5.57. The molecule has 0 aromatic carbocycles. The van der Waals surface area contributed by atoms with E-state index in [1.807, 2.05) is 6.92 Å². The van der Waals surface area contributed by atoms with Gasteiger partial charge in [0.1, 0.15) is 11.5 Å². The van der Waals surface area contributed by atoms with Crippen LogP contribution in [0.2, 0.25) is 0 Å². The van der Waals surface area contributed by atoms with E-state index in [9.17, 15) is 0 Å². The summed E-state index contributed by atoms with van der Waals surface area (Å²) in [6, 6.07) is 2.66. The van der Waals surface area contributed by atoms with Crippen molar-refractivity contribution in [1.82, 2.24) is 4.90 Å². The van der Waals surface area contributed by atoms with Crippen molar-refractivity contribution in [3.63, 3.8) is 0 Å². The van der Waals surface area contributed by atoms with Crippen LogP contribution in [-0.2, 0) is 13.1 Å². The number of nitrogens with two attached hydrogens (primary N) is 1. The van der Waals surface area contributed by atoms with Gasteiger partial charge in [0.15, 0.2) is 0 Å². The lowest BCUT2D eigenvalue weighted by molar-refractivity contribution is 0.242. The Hall–Kier alpha value is -0.800. The van der Waals surface area contributed by atoms with Crippen LogP contribution < -0.4 is 5.73 Å². The highest BCUT2D eigenvalue weighted by Crippen LogP contribution is 2.17. The summed E-state index contributed by atoms with van der Waals surface area (Å²) in [5.74, 6) is 1.87. The van der Waals surface area contributed by atoms with E-state index in [0.717, 1.165) is 24.5 Å². The van der Waals surface area contributed by atoms with Gasteiger partial charge in [0.25, 0.3) is 0 Å². The summed E-state index contributed by atoms with van der Waals surface area (Å²) >= 11 is 0. The fourth-order valence-corrected chi connectivity index (χ4v) is 1.58. The van der Waals surface area contributed by atoms with E-state index >= 15 is 0 Å². The molecule has 3 nitrogen and oxygen atoms in total. The fourth-order valence-electron chi connectivity index (χ4n) is 1.58. The number of hydrogen-bond acceptors (Lipinski definition) is 3. The summed E-state index contributed by atoms with van der Waals surface area (Å²) in [7, 11) is 2.14. The van der Waals surface area contributed by atoms with Crippen molar-refractivity contribution in [3.8, 4) is 0 Å². The predicted octanol–water partition coefficient (Wildman–Crippen LogP) is 2.28. The normalized spacial score (nSPS) is 13.5. The zero-order valence-corrected chi connectivity index (χ0v) is 10.2. The van der Waals surface area contributed by atoms with Crippen LogP contribution in [0.25, 0.3) is 0 Å². The molecule has 0 aliphatic heterocycles. The van der Waals surface area contributed by atoms with E-state index < -0.39 is 0 Å². The van der Waals surface area contributed by atoms with E-state index in [0.29, 0.717) is 12.6 Å². The Labute approximate surface area is 92.2 Å². The largest absolute Gasteiger partial charge is 0.465 e. The first kappa shape index (κ1) is 12.3. The fraction of sp³-hybridized carbons (Fsp3) is 0.667. The first-order chi connectivity index (χ1) is 7.08. The molecule has 1 rings (SSSR count). The number of rotatable bonds is 5. The molecule has 2 N–H and O–H groups in total. The second-order valence-electron chi connectivity index (χ2n) is 4.17. The van der Waals surface area contributed by atoms with Gasteiger partial charge in [0.05, 0.1) is 6.54 Å². The standard InChI is InChI=1S/C12H22N2O/c1-5-9(2)14(4)8-11-6-12(7-13)15-10(11)3/h6,9H,5,7-8,13H2,1-4H3. The smallest absolute Gasteiger partial charge is 0.118 e. The summed E-state index contributed by atoms with van der Waals surface area (Å²) in [5, 5.41) is 0. The minimum Gasteiger partial charge on any atom is -0.465 e. The Balaban J connectivity index is 2.67. The lowest BCUT2D eigenvalue weighted by Crippen LogP contribution is -2.27. The van der Waals surface area contributed by atoms with Crippen molar-refractivity contribution in [2.75, 3.05) is 7.05 Å². The van der Waals surface area contributed by atoms with Crippen LogP contribution in [0.5, 0.6) is 0 Å². The lowest BCUT2D eigenvalue weighted by Gasteiger charge is -2.22. The Morgan fingerprint density at radius 3 is 2.67 bits per heavy atom. The maximum absolute atomic E-state index is 5.54. The highest BCUT2D eigenvalue weighted by atomic mass is 16.3. The molecule has 0 amide bonds. The van der Waals surface area contributed by atoms with Crippen LogP contribution in [0, 0.1) is 6.92 Å². The van der Waals surface area contributed by atoms with Crippen LogP contribution in [0.3, 0.4) is 0 Å². The molecular weight excluding hydrogens is 188 g/mol. The third-order valence-electron chi connectivity index (χ3n) is 3.04. The molecule has 86 valence electrons. The summed E-state index contributed by atoms with van der Waals surface area (Å²) < 4.78 is 5.53. The van der Waals surface area contributed by atoms with Gasteiger partial charge in [-0.3, -0.25) is 4.90 Å². The van der Waals surface area contributed by atoms with Crippen molar-refractivity contribution >= 4 is 0 Å².